The van der Waals surface area contributed by atoms with Gasteiger partial charge in [-0.2, -0.15) is 8.42 Å². The van der Waals surface area contributed by atoms with Gasteiger partial charge in [-0.25, -0.2) is 9.52 Å². The van der Waals surface area contributed by atoms with Gasteiger partial charge in [-0.15, -0.1) is 0 Å². The van der Waals surface area contributed by atoms with E-state index in [4.69, 9.17) is 5.79 Å². The predicted molar refractivity (Wildman–Crippen MR) is 113 cm³/mol. The molecule has 0 spiro atoms. The van der Waals surface area contributed by atoms with Gasteiger partial charge < -0.3 is 14.8 Å². The Labute approximate surface area is 178 Å². The molecule has 2 aliphatic rings. The van der Waals surface area contributed by atoms with E-state index in [-0.39, 0.29) is 11.5 Å². The SMILES string of the molecule is [2H]c1cc(C(C)C2CC2)c(NC(=O)NS(=O)(=O)c2cc(C(C)(C)O)co2)c2c1CCC2. The Balaban J connectivity index is 1.60. The van der Waals surface area contributed by atoms with E-state index in [0.717, 1.165) is 55.1 Å². The summed E-state index contributed by atoms with van der Waals surface area (Å²) < 4.78 is 40.7. The van der Waals surface area contributed by atoms with E-state index >= 15 is 0 Å². The Hall–Kier alpha value is -2.32. The van der Waals surface area contributed by atoms with Crippen LogP contribution in [0, 0.1) is 5.92 Å². The van der Waals surface area contributed by atoms with E-state index in [2.05, 4.69) is 12.2 Å². The third-order valence-corrected chi connectivity index (χ3v) is 7.24. The molecular weight excluding hydrogens is 404 g/mol. The Morgan fingerprint density at radius 3 is 2.73 bits per heavy atom. The van der Waals surface area contributed by atoms with Gasteiger partial charge >= 0.3 is 6.03 Å². The van der Waals surface area contributed by atoms with Crippen LogP contribution in [-0.2, 0) is 28.5 Å². The van der Waals surface area contributed by atoms with E-state index in [1.54, 1.807) is 0 Å². The largest absolute Gasteiger partial charge is 0.451 e. The first-order chi connectivity index (χ1) is 14.5. The molecule has 30 heavy (non-hydrogen) atoms. The molecule has 1 aromatic carbocycles. The van der Waals surface area contributed by atoms with Gasteiger partial charge in [0.2, 0.25) is 5.09 Å². The van der Waals surface area contributed by atoms with Gasteiger partial charge in [0.15, 0.2) is 0 Å². The van der Waals surface area contributed by atoms with Crippen LogP contribution in [0.25, 0.3) is 0 Å². The van der Waals surface area contributed by atoms with E-state index in [0.29, 0.717) is 17.6 Å². The van der Waals surface area contributed by atoms with Crippen molar-refractivity contribution in [3.63, 3.8) is 0 Å². The molecule has 162 valence electrons. The van der Waals surface area contributed by atoms with Crippen molar-refractivity contribution in [3.05, 3.63) is 46.7 Å². The highest BCUT2D eigenvalue weighted by Gasteiger charge is 2.33. The van der Waals surface area contributed by atoms with Crippen molar-refractivity contribution in [1.29, 1.82) is 0 Å². The van der Waals surface area contributed by atoms with Crippen LogP contribution in [0.1, 0.15) is 69.6 Å². The summed E-state index contributed by atoms with van der Waals surface area (Å²) in [6.07, 6.45) is 5.83. The second kappa shape index (κ2) is 7.42. The van der Waals surface area contributed by atoms with Crippen LogP contribution in [0.5, 0.6) is 0 Å². The fourth-order valence-electron chi connectivity index (χ4n) is 4.04. The standard InChI is InChI=1S/C22H28N2O5S/c1-13(14-7-8-14)17-10-9-15-5-4-6-18(15)20(17)23-21(25)24-30(27,28)19-11-16(12-29-19)22(2,3)26/h9-14,26H,4-8H2,1-3H3,(H2,23,24,25)/i9D. The molecule has 0 saturated heterocycles. The first-order valence-corrected chi connectivity index (χ1v) is 11.8. The molecule has 3 N–H and O–H groups in total. The fourth-order valence-corrected chi connectivity index (χ4v) is 4.89. The van der Waals surface area contributed by atoms with Crippen LogP contribution >= 0.6 is 0 Å². The van der Waals surface area contributed by atoms with Gasteiger partial charge in [-0.1, -0.05) is 19.0 Å². The molecule has 7 nitrogen and oxygen atoms in total. The van der Waals surface area contributed by atoms with Gasteiger partial charge in [0, 0.05) is 17.3 Å². The predicted octanol–water partition coefficient (Wildman–Crippen LogP) is 4.02. The topological polar surface area (TPSA) is 109 Å². The monoisotopic (exact) mass is 433 g/mol. The maximum atomic E-state index is 12.7. The molecule has 1 unspecified atom stereocenters. The van der Waals surface area contributed by atoms with Gasteiger partial charge in [0.1, 0.15) is 0 Å². The van der Waals surface area contributed by atoms with Crippen molar-refractivity contribution in [3.8, 4) is 0 Å². The minimum Gasteiger partial charge on any atom is -0.451 e. The third-order valence-electron chi connectivity index (χ3n) is 6.04. The van der Waals surface area contributed by atoms with Crippen molar-refractivity contribution in [2.75, 3.05) is 5.32 Å². The van der Waals surface area contributed by atoms with Crippen molar-refractivity contribution >= 4 is 21.7 Å². The summed E-state index contributed by atoms with van der Waals surface area (Å²) in [5.41, 5.74) is 2.40. The number of aliphatic hydroxyl groups is 1. The van der Waals surface area contributed by atoms with Crippen molar-refractivity contribution in [2.24, 2.45) is 5.92 Å². The normalized spacial score (nSPS) is 17.9. The summed E-state index contributed by atoms with van der Waals surface area (Å²) in [7, 11) is -4.26. The summed E-state index contributed by atoms with van der Waals surface area (Å²) in [4.78, 5) is 12.7. The number of sulfonamides is 1. The molecular formula is C22H28N2O5S. The highest BCUT2D eigenvalue weighted by Crippen LogP contribution is 2.46. The van der Waals surface area contributed by atoms with Crippen LogP contribution in [0.15, 0.2) is 33.9 Å². The zero-order valence-corrected chi connectivity index (χ0v) is 18.2. The number of hydrogen-bond donors (Lipinski definition) is 3. The summed E-state index contributed by atoms with van der Waals surface area (Å²) in [5, 5.41) is 12.3. The smallest absolute Gasteiger partial charge is 0.333 e. The number of nitrogens with one attached hydrogen (secondary N) is 2. The molecule has 1 aromatic heterocycles. The number of fused-ring (bicyclic) bond motifs is 1. The first kappa shape index (κ1) is 19.6. The number of hydrogen-bond acceptors (Lipinski definition) is 5. The maximum Gasteiger partial charge on any atom is 0.333 e. The molecule has 0 radical (unpaired) electrons. The van der Waals surface area contributed by atoms with Crippen molar-refractivity contribution in [2.45, 2.75) is 69.5 Å². The van der Waals surface area contributed by atoms with E-state index in [1.807, 2.05) is 10.8 Å². The molecule has 8 heteroatoms. The molecule has 1 saturated carbocycles. The Kier molecular flexibility index (Phi) is 4.86. The zero-order valence-electron chi connectivity index (χ0n) is 18.4. The number of furan rings is 1. The zero-order chi connectivity index (χ0) is 22.6. The van der Waals surface area contributed by atoms with Crippen LogP contribution in [0.2, 0.25) is 0 Å². The minimum atomic E-state index is -4.26. The van der Waals surface area contributed by atoms with Gasteiger partial charge in [-0.3, -0.25) is 0 Å². The lowest BCUT2D eigenvalue weighted by Gasteiger charge is -2.20. The number of urea groups is 1. The fraction of sp³-hybridized carbons (Fsp3) is 0.500. The number of carbonyl (C=O) groups is 1. The summed E-state index contributed by atoms with van der Waals surface area (Å²) in [5.74, 6) is 0.705. The first-order valence-electron chi connectivity index (χ1n) is 10.8. The van der Waals surface area contributed by atoms with Crippen molar-refractivity contribution in [1.82, 2.24) is 4.72 Å². The minimum absolute atomic E-state index is 0.182. The van der Waals surface area contributed by atoms with E-state index in [9.17, 15) is 18.3 Å². The lowest BCUT2D eigenvalue weighted by atomic mass is 9.91. The number of amides is 2. The molecule has 2 aromatic rings. The molecule has 2 aliphatic carbocycles. The highest BCUT2D eigenvalue weighted by atomic mass is 32.2. The molecule has 0 bridgehead atoms. The quantitative estimate of drug-likeness (QED) is 0.638. The average molecular weight is 434 g/mol. The van der Waals surface area contributed by atoms with Gasteiger partial charge in [0.05, 0.1) is 13.2 Å². The Morgan fingerprint density at radius 1 is 1.37 bits per heavy atom. The highest BCUT2D eigenvalue weighted by molar-refractivity contribution is 7.89. The second-order valence-electron chi connectivity index (χ2n) is 8.83. The summed E-state index contributed by atoms with van der Waals surface area (Å²) in [6, 6.07) is 2.63. The molecule has 0 aliphatic heterocycles. The lowest BCUT2D eigenvalue weighted by Crippen LogP contribution is -2.35. The second-order valence-corrected chi connectivity index (χ2v) is 10.4. The van der Waals surface area contributed by atoms with Crippen LogP contribution in [0.4, 0.5) is 10.5 Å². The number of benzene rings is 1. The molecule has 1 atom stereocenters. The number of carbonyl (C=O) groups excluding carboxylic acids is 1. The lowest BCUT2D eigenvalue weighted by molar-refractivity contribution is 0.0779. The van der Waals surface area contributed by atoms with Crippen LogP contribution < -0.4 is 10.0 Å². The molecule has 1 heterocycles. The molecule has 4 rings (SSSR count). The van der Waals surface area contributed by atoms with Crippen LogP contribution in [0.3, 0.4) is 0 Å². The third kappa shape index (κ3) is 4.11. The van der Waals surface area contributed by atoms with Gasteiger partial charge in [0.25, 0.3) is 10.0 Å². The summed E-state index contributed by atoms with van der Waals surface area (Å²) in [6.45, 7) is 5.11. The summed E-state index contributed by atoms with van der Waals surface area (Å²) >= 11 is 0. The van der Waals surface area contributed by atoms with Crippen LogP contribution in [-0.4, -0.2) is 19.6 Å². The maximum absolute atomic E-state index is 12.7. The Bertz CT molecular complexity index is 1130. The molecule has 2 amide bonds. The van der Waals surface area contributed by atoms with E-state index in [1.165, 1.54) is 19.9 Å². The van der Waals surface area contributed by atoms with E-state index < -0.39 is 26.7 Å². The molecule has 1 fully saturated rings. The average Bonchev–Trinajstić information content (AvgIpc) is 3.17. The number of anilines is 1. The van der Waals surface area contributed by atoms with Gasteiger partial charge in [-0.05, 0) is 74.5 Å². The number of rotatable bonds is 6. The van der Waals surface area contributed by atoms with Crippen molar-refractivity contribution < 1.29 is 24.1 Å². The Morgan fingerprint density at radius 2 is 2.10 bits per heavy atom.